The highest BCUT2D eigenvalue weighted by Crippen LogP contribution is 2.36. The average molecular weight is 219 g/mol. The minimum absolute atomic E-state index is 0.110. The van der Waals surface area contributed by atoms with E-state index in [0.29, 0.717) is 6.10 Å². The third-order valence-corrected chi connectivity index (χ3v) is 3.52. The van der Waals surface area contributed by atoms with E-state index in [2.05, 4.69) is 17.4 Å². The molecule has 1 saturated heterocycles. The average Bonchev–Trinajstić information content (AvgIpc) is 3.08. The standard InChI is InChI=1S/C13H17NO2/c15-10-6-7-11-13(16-11)12(10)14-8-9-4-2-1-3-5-9/h1-5,10-15H,6-8H2/t10-,11-,12+,13-/m1/s1. The lowest BCUT2D eigenvalue weighted by Crippen LogP contribution is -2.46. The first-order chi connectivity index (χ1) is 7.84. The number of aliphatic hydroxyl groups is 1. The zero-order valence-corrected chi connectivity index (χ0v) is 9.17. The number of fused-ring (bicyclic) bond motifs is 1. The molecule has 2 aliphatic rings. The molecule has 0 spiro atoms. The summed E-state index contributed by atoms with van der Waals surface area (Å²) in [5.74, 6) is 0. The van der Waals surface area contributed by atoms with Crippen LogP contribution in [0.15, 0.2) is 30.3 Å². The quantitative estimate of drug-likeness (QED) is 0.747. The Morgan fingerprint density at radius 3 is 2.88 bits per heavy atom. The van der Waals surface area contributed by atoms with Crippen LogP contribution in [0.1, 0.15) is 18.4 Å². The molecule has 3 nitrogen and oxygen atoms in total. The van der Waals surface area contributed by atoms with Crippen molar-refractivity contribution >= 4 is 0 Å². The molecule has 0 amide bonds. The van der Waals surface area contributed by atoms with Gasteiger partial charge in [0.25, 0.3) is 0 Å². The van der Waals surface area contributed by atoms with Gasteiger partial charge in [-0.25, -0.2) is 0 Å². The van der Waals surface area contributed by atoms with E-state index in [4.69, 9.17) is 4.74 Å². The Kier molecular flexibility index (Phi) is 2.67. The molecule has 3 heteroatoms. The van der Waals surface area contributed by atoms with Gasteiger partial charge in [0.15, 0.2) is 0 Å². The molecule has 4 atom stereocenters. The molecule has 0 radical (unpaired) electrons. The normalized spacial score (nSPS) is 36.8. The van der Waals surface area contributed by atoms with Crippen LogP contribution in [0, 0.1) is 0 Å². The molecule has 86 valence electrons. The van der Waals surface area contributed by atoms with Gasteiger partial charge >= 0.3 is 0 Å². The van der Waals surface area contributed by atoms with E-state index in [-0.39, 0.29) is 18.2 Å². The summed E-state index contributed by atoms with van der Waals surface area (Å²) in [6.07, 6.45) is 2.25. The SMILES string of the molecule is O[C@@H]1CC[C@H]2O[C@H]2[C@H]1NCc1ccccc1. The number of ether oxygens (including phenoxy) is 1. The highest BCUT2D eigenvalue weighted by molar-refractivity contribution is 5.15. The van der Waals surface area contributed by atoms with Crippen LogP contribution in [0.4, 0.5) is 0 Å². The van der Waals surface area contributed by atoms with E-state index in [1.165, 1.54) is 5.56 Å². The Balaban J connectivity index is 1.58. The molecule has 16 heavy (non-hydrogen) atoms. The molecule has 1 aromatic rings. The minimum atomic E-state index is -0.257. The maximum atomic E-state index is 9.90. The van der Waals surface area contributed by atoms with Crippen molar-refractivity contribution in [1.29, 1.82) is 0 Å². The first kappa shape index (κ1) is 10.3. The van der Waals surface area contributed by atoms with Crippen molar-refractivity contribution in [2.45, 2.75) is 43.7 Å². The molecule has 1 heterocycles. The molecule has 0 bridgehead atoms. The first-order valence-corrected chi connectivity index (χ1v) is 5.95. The molecular formula is C13H17NO2. The smallest absolute Gasteiger partial charge is 0.102 e. The summed E-state index contributed by atoms with van der Waals surface area (Å²) in [6, 6.07) is 10.4. The lowest BCUT2D eigenvalue weighted by molar-refractivity contribution is 0.0976. The van der Waals surface area contributed by atoms with Crippen molar-refractivity contribution in [3.63, 3.8) is 0 Å². The van der Waals surface area contributed by atoms with Gasteiger partial charge in [-0.2, -0.15) is 0 Å². The van der Waals surface area contributed by atoms with E-state index in [0.717, 1.165) is 19.4 Å². The number of epoxide rings is 1. The Morgan fingerprint density at radius 2 is 2.06 bits per heavy atom. The lowest BCUT2D eigenvalue weighted by Gasteiger charge is -2.25. The molecule has 2 N–H and O–H groups in total. The van der Waals surface area contributed by atoms with Crippen molar-refractivity contribution < 1.29 is 9.84 Å². The second-order valence-corrected chi connectivity index (χ2v) is 4.68. The Morgan fingerprint density at radius 1 is 1.25 bits per heavy atom. The number of nitrogens with one attached hydrogen (secondary N) is 1. The van der Waals surface area contributed by atoms with Gasteiger partial charge < -0.3 is 15.2 Å². The molecule has 1 aromatic carbocycles. The number of benzene rings is 1. The highest BCUT2D eigenvalue weighted by atomic mass is 16.6. The molecule has 1 aliphatic heterocycles. The van der Waals surface area contributed by atoms with Crippen LogP contribution < -0.4 is 5.32 Å². The number of hydrogen-bond acceptors (Lipinski definition) is 3. The molecule has 1 saturated carbocycles. The first-order valence-electron chi connectivity index (χ1n) is 5.95. The highest BCUT2D eigenvalue weighted by Gasteiger charge is 2.50. The van der Waals surface area contributed by atoms with Crippen molar-refractivity contribution in [3.05, 3.63) is 35.9 Å². The fourth-order valence-electron chi connectivity index (χ4n) is 2.52. The van der Waals surface area contributed by atoms with Gasteiger partial charge in [0, 0.05) is 6.54 Å². The van der Waals surface area contributed by atoms with E-state index >= 15 is 0 Å². The van der Waals surface area contributed by atoms with Crippen LogP contribution in [-0.4, -0.2) is 29.5 Å². The molecule has 1 aliphatic carbocycles. The summed E-state index contributed by atoms with van der Waals surface area (Å²) >= 11 is 0. The maximum absolute atomic E-state index is 9.90. The second-order valence-electron chi connectivity index (χ2n) is 4.68. The summed E-state index contributed by atoms with van der Waals surface area (Å²) in [6.45, 7) is 0.801. The van der Waals surface area contributed by atoms with Crippen LogP contribution in [-0.2, 0) is 11.3 Å². The summed E-state index contributed by atoms with van der Waals surface area (Å²) in [5, 5.41) is 13.3. The van der Waals surface area contributed by atoms with Crippen molar-refractivity contribution in [2.75, 3.05) is 0 Å². The minimum Gasteiger partial charge on any atom is -0.391 e. The third kappa shape index (κ3) is 1.98. The predicted molar refractivity (Wildman–Crippen MR) is 61.0 cm³/mol. The number of rotatable bonds is 3. The summed E-state index contributed by atoms with van der Waals surface area (Å²) in [5.41, 5.74) is 1.25. The van der Waals surface area contributed by atoms with Gasteiger partial charge in [0.2, 0.25) is 0 Å². The van der Waals surface area contributed by atoms with Gasteiger partial charge in [-0.3, -0.25) is 0 Å². The predicted octanol–water partition coefficient (Wildman–Crippen LogP) is 1.07. The van der Waals surface area contributed by atoms with E-state index in [1.807, 2.05) is 18.2 Å². The van der Waals surface area contributed by atoms with Gasteiger partial charge in [-0.1, -0.05) is 30.3 Å². The molecule has 2 fully saturated rings. The van der Waals surface area contributed by atoms with Crippen LogP contribution in [0.3, 0.4) is 0 Å². The Bertz CT molecular complexity index is 352. The fraction of sp³-hybridized carbons (Fsp3) is 0.538. The van der Waals surface area contributed by atoms with Crippen LogP contribution in [0.2, 0.25) is 0 Å². The van der Waals surface area contributed by atoms with Crippen molar-refractivity contribution in [3.8, 4) is 0 Å². The van der Waals surface area contributed by atoms with Crippen molar-refractivity contribution in [2.24, 2.45) is 0 Å². The number of hydrogen-bond donors (Lipinski definition) is 2. The molecular weight excluding hydrogens is 202 g/mol. The van der Waals surface area contributed by atoms with Crippen molar-refractivity contribution in [1.82, 2.24) is 5.32 Å². The Labute approximate surface area is 95.4 Å². The Hall–Kier alpha value is -0.900. The van der Waals surface area contributed by atoms with Crippen LogP contribution in [0.5, 0.6) is 0 Å². The summed E-state index contributed by atoms with van der Waals surface area (Å²) in [7, 11) is 0. The number of aliphatic hydroxyl groups excluding tert-OH is 1. The van der Waals surface area contributed by atoms with Gasteiger partial charge in [0.05, 0.1) is 18.2 Å². The largest absolute Gasteiger partial charge is 0.391 e. The molecule has 3 rings (SSSR count). The summed E-state index contributed by atoms with van der Waals surface area (Å²) in [4.78, 5) is 0. The van der Waals surface area contributed by atoms with Gasteiger partial charge in [0.1, 0.15) is 6.10 Å². The molecule has 0 unspecified atom stereocenters. The fourth-order valence-corrected chi connectivity index (χ4v) is 2.52. The maximum Gasteiger partial charge on any atom is 0.102 e. The summed E-state index contributed by atoms with van der Waals surface area (Å²) < 4.78 is 5.53. The zero-order chi connectivity index (χ0) is 11.0. The topological polar surface area (TPSA) is 44.8 Å². The van der Waals surface area contributed by atoms with E-state index in [1.54, 1.807) is 0 Å². The third-order valence-electron chi connectivity index (χ3n) is 3.52. The second kappa shape index (κ2) is 4.17. The lowest BCUT2D eigenvalue weighted by atomic mass is 9.92. The van der Waals surface area contributed by atoms with Crippen LogP contribution >= 0.6 is 0 Å². The monoisotopic (exact) mass is 219 g/mol. The van der Waals surface area contributed by atoms with Gasteiger partial charge in [-0.15, -0.1) is 0 Å². The van der Waals surface area contributed by atoms with Gasteiger partial charge in [-0.05, 0) is 18.4 Å². The van der Waals surface area contributed by atoms with E-state index in [9.17, 15) is 5.11 Å². The van der Waals surface area contributed by atoms with E-state index < -0.39 is 0 Å². The zero-order valence-electron chi connectivity index (χ0n) is 9.17. The molecule has 0 aromatic heterocycles. The van der Waals surface area contributed by atoms with Crippen LogP contribution in [0.25, 0.3) is 0 Å².